The number of ether oxygens (including phenoxy) is 1. The summed E-state index contributed by atoms with van der Waals surface area (Å²) in [6, 6.07) is 0. The molecule has 56 valence electrons. The van der Waals surface area contributed by atoms with Crippen molar-refractivity contribution < 1.29 is 4.74 Å². The molecule has 2 rings (SSSR count). The predicted octanol–water partition coefficient (Wildman–Crippen LogP) is 0.938. The molecule has 0 fully saturated rings. The summed E-state index contributed by atoms with van der Waals surface area (Å²) in [5.74, 6) is 0.790. The highest BCUT2D eigenvalue weighted by Gasteiger charge is 2.14. The number of fused-ring (bicyclic) bond motifs is 1. The van der Waals surface area contributed by atoms with E-state index in [1.165, 1.54) is 0 Å². The molecule has 3 nitrogen and oxygen atoms in total. The molecule has 0 aliphatic carbocycles. The van der Waals surface area contributed by atoms with Gasteiger partial charge in [0.25, 0.3) is 0 Å². The van der Waals surface area contributed by atoms with Gasteiger partial charge in [0.15, 0.2) is 5.84 Å². The SMILES string of the molecule is CO[C@@H]1C=NC2=NC=CC2=C1. The number of aliphatic imine (C=N–C) groups is 2. The lowest BCUT2D eigenvalue weighted by molar-refractivity contribution is 0.194. The molecule has 2 aliphatic rings. The Morgan fingerprint density at radius 1 is 1.55 bits per heavy atom. The second kappa shape index (κ2) is 2.43. The average Bonchev–Trinajstić information content (AvgIpc) is 2.50. The van der Waals surface area contributed by atoms with Crippen molar-refractivity contribution in [2.24, 2.45) is 9.98 Å². The van der Waals surface area contributed by atoms with Crippen LogP contribution >= 0.6 is 0 Å². The molecule has 0 aromatic carbocycles. The summed E-state index contributed by atoms with van der Waals surface area (Å²) in [5, 5.41) is 0. The van der Waals surface area contributed by atoms with E-state index in [-0.39, 0.29) is 6.10 Å². The molecule has 0 unspecified atom stereocenters. The zero-order valence-corrected chi connectivity index (χ0v) is 6.19. The smallest absolute Gasteiger partial charge is 0.158 e. The summed E-state index contributed by atoms with van der Waals surface area (Å²) >= 11 is 0. The van der Waals surface area contributed by atoms with Crippen molar-refractivity contribution in [1.29, 1.82) is 0 Å². The van der Waals surface area contributed by atoms with Gasteiger partial charge < -0.3 is 4.74 Å². The van der Waals surface area contributed by atoms with Gasteiger partial charge in [0.1, 0.15) is 6.10 Å². The lowest BCUT2D eigenvalue weighted by atomic mass is 10.1. The first kappa shape index (κ1) is 6.49. The Hall–Kier alpha value is -1.22. The normalized spacial score (nSPS) is 26.5. The Kier molecular flexibility index (Phi) is 1.43. The van der Waals surface area contributed by atoms with E-state index in [4.69, 9.17) is 4.74 Å². The molecule has 0 aromatic heterocycles. The molecule has 0 radical (unpaired) electrons. The topological polar surface area (TPSA) is 34.0 Å². The van der Waals surface area contributed by atoms with Gasteiger partial charge in [-0.05, 0) is 12.2 Å². The molecular weight excluding hydrogens is 140 g/mol. The lowest BCUT2D eigenvalue weighted by Crippen LogP contribution is -2.16. The molecule has 0 aromatic rings. The van der Waals surface area contributed by atoms with Crippen LogP contribution in [-0.4, -0.2) is 25.3 Å². The fourth-order valence-corrected chi connectivity index (χ4v) is 1.07. The fraction of sp³-hybridized carbons (Fsp3) is 0.250. The molecule has 0 bridgehead atoms. The first-order chi connectivity index (χ1) is 5.40. The van der Waals surface area contributed by atoms with Crippen LogP contribution in [0.5, 0.6) is 0 Å². The minimum Gasteiger partial charge on any atom is -0.372 e. The first-order valence-corrected chi connectivity index (χ1v) is 3.43. The maximum atomic E-state index is 5.08. The molecule has 0 N–H and O–H groups in total. The van der Waals surface area contributed by atoms with E-state index in [1.807, 2.05) is 12.2 Å². The van der Waals surface area contributed by atoms with Crippen molar-refractivity contribution in [3.8, 4) is 0 Å². The van der Waals surface area contributed by atoms with E-state index in [2.05, 4.69) is 9.98 Å². The number of hydrogen-bond donors (Lipinski definition) is 0. The zero-order valence-electron chi connectivity index (χ0n) is 6.19. The molecular formula is C8H8N2O. The lowest BCUT2D eigenvalue weighted by Gasteiger charge is -2.10. The van der Waals surface area contributed by atoms with Crippen LogP contribution in [0.1, 0.15) is 0 Å². The minimum absolute atomic E-state index is 0.00620. The third-order valence-corrected chi connectivity index (χ3v) is 1.67. The molecule has 11 heavy (non-hydrogen) atoms. The van der Waals surface area contributed by atoms with Gasteiger partial charge in [0.2, 0.25) is 0 Å². The van der Waals surface area contributed by atoms with Crippen LogP contribution in [0.3, 0.4) is 0 Å². The summed E-state index contributed by atoms with van der Waals surface area (Å²) in [7, 11) is 1.66. The molecule has 0 saturated carbocycles. The Morgan fingerprint density at radius 3 is 3.27 bits per heavy atom. The third-order valence-electron chi connectivity index (χ3n) is 1.67. The van der Waals surface area contributed by atoms with Gasteiger partial charge in [-0.1, -0.05) is 0 Å². The molecule has 0 amide bonds. The number of methoxy groups -OCH3 is 1. The molecule has 2 aliphatic heterocycles. The third kappa shape index (κ3) is 1.03. The van der Waals surface area contributed by atoms with Gasteiger partial charge in [0, 0.05) is 25.1 Å². The largest absolute Gasteiger partial charge is 0.372 e. The van der Waals surface area contributed by atoms with Gasteiger partial charge in [-0.25, -0.2) is 9.98 Å². The number of dihydropyridines is 1. The highest BCUT2D eigenvalue weighted by atomic mass is 16.5. The molecule has 3 heteroatoms. The van der Waals surface area contributed by atoms with Crippen molar-refractivity contribution in [2.75, 3.05) is 7.11 Å². The van der Waals surface area contributed by atoms with Crippen LogP contribution in [0, 0.1) is 0 Å². The maximum Gasteiger partial charge on any atom is 0.158 e. The summed E-state index contributed by atoms with van der Waals surface area (Å²) in [6.45, 7) is 0. The van der Waals surface area contributed by atoms with Crippen LogP contribution in [0.4, 0.5) is 0 Å². The maximum absolute atomic E-state index is 5.08. The molecule has 0 spiro atoms. The molecule has 2 heterocycles. The second-order valence-corrected chi connectivity index (χ2v) is 2.37. The van der Waals surface area contributed by atoms with E-state index in [0.717, 1.165) is 11.4 Å². The standard InChI is InChI=1S/C8H8N2O/c1-11-7-4-6-2-3-9-8(6)10-5-7/h2-5,7H,1H3/t7-/m0/s1. The summed E-state index contributed by atoms with van der Waals surface area (Å²) in [5.41, 5.74) is 1.05. The Labute approximate surface area is 64.8 Å². The van der Waals surface area contributed by atoms with E-state index >= 15 is 0 Å². The monoisotopic (exact) mass is 148 g/mol. The highest BCUT2D eigenvalue weighted by molar-refractivity contribution is 6.09. The van der Waals surface area contributed by atoms with Gasteiger partial charge >= 0.3 is 0 Å². The summed E-state index contributed by atoms with van der Waals surface area (Å²) < 4.78 is 5.08. The Balaban J connectivity index is 2.30. The first-order valence-electron chi connectivity index (χ1n) is 3.43. The molecule has 1 atom stereocenters. The van der Waals surface area contributed by atoms with Crippen molar-refractivity contribution in [2.45, 2.75) is 6.10 Å². The van der Waals surface area contributed by atoms with Crippen molar-refractivity contribution in [1.82, 2.24) is 0 Å². The van der Waals surface area contributed by atoms with Crippen molar-refractivity contribution >= 4 is 12.1 Å². The van der Waals surface area contributed by atoms with Crippen molar-refractivity contribution in [3.05, 3.63) is 23.9 Å². The van der Waals surface area contributed by atoms with E-state index in [9.17, 15) is 0 Å². The van der Waals surface area contributed by atoms with E-state index in [1.54, 1.807) is 19.5 Å². The van der Waals surface area contributed by atoms with Crippen LogP contribution in [-0.2, 0) is 4.74 Å². The fourth-order valence-electron chi connectivity index (χ4n) is 1.07. The quantitative estimate of drug-likeness (QED) is 0.544. The number of nitrogens with zero attached hydrogens (tertiary/aromatic N) is 2. The summed E-state index contributed by atoms with van der Waals surface area (Å²) in [4.78, 5) is 8.15. The Morgan fingerprint density at radius 2 is 2.45 bits per heavy atom. The zero-order chi connectivity index (χ0) is 7.68. The van der Waals surface area contributed by atoms with Crippen molar-refractivity contribution in [3.63, 3.8) is 0 Å². The number of hydrogen-bond acceptors (Lipinski definition) is 3. The van der Waals surface area contributed by atoms with Gasteiger partial charge in [-0.15, -0.1) is 0 Å². The van der Waals surface area contributed by atoms with E-state index in [0.29, 0.717) is 0 Å². The predicted molar refractivity (Wildman–Crippen MR) is 43.9 cm³/mol. The minimum atomic E-state index is 0.00620. The van der Waals surface area contributed by atoms with Gasteiger partial charge in [-0.2, -0.15) is 0 Å². The number of rotatable bonds is 1. The van der Waals surface area contributed by atoms with Gasteiger partial charge in [0.05, 0.1) is 0 Å². The van der Waals surface area contributed by atoms with Gasteiger partial charge in [-0.3, -0.25) is 0 Å². The second-order valence-electron chi connectivity index (χ2n) is 2.37. The molecule has 0 saturated heterocycles. The van der Waals surface area contributed by atoms with Crippen LogP contribution in [0.2, 0.25) is 0 Å². The summed E-state index contributed by atoms with van der Waals surface area (Å²) in [6.07, 6.45) is 7.42. The Bertz CT molecular complexity index is 286. The van der Waals surface area contributed by atoms with E-state index < -0.39 is 0 Å². The highest BCUT2D eigenvalue weighted by Crippen LogP contribution is 2.14. The van der Waals surface area contributed by atoms with Crippen LogP contribution < -0.4 is 0 Å². The van der Waals surface area contributed by atoms with Crippen LogP contribution in [0.25, 0.3) is 0 Å². The van der Waals surface area contributed by atoms with Crippen LogP contribution in [0.15, 0.2) is 33.9 Å². The average molecular weight is 148 g/mol. The number of amidine groups is 1.